The average Bonchev–Trinajstić information content (AvgIpc) is 3.25. The van der Waals surface area contributed by atoms with E-state index in [2.05, 4.69) is 21.5 Å². The highest BCUT2D eigenvalue weighted by Crippen LogP contribution is 3.02. The molecule has 1 amide bonds. The molecule has 1 saturated heterocycles. The number of aromatic nitrogens is 3. The second kappa shape index (κ2) is 8.51. The van der Waals surface area contributed by atoms with E-state index in [-0.39, 0.29) is 36.7 Å². The average molecular weight is 535 g/mol. The molecule has 0 bridgehead atoms. The molecular formula is C23H24F6N4O2S. The van der Waals surface area contributed by atoms with Crippen molar-refractivity contribution in [2.45, 2.75) is 30.1 Å². The van der Waals surface area contributed by atoms with Crippen LogP contribution in [-0.4, -0.2) is 52.6 Å². The number of carbonyl (C=O) groups excluding carboxylic acids is 1. The summed E-state index contributed by atoms with van der Waals surface area (Å²) in [6.45, 7) is 4.82. The third kappa shape index (κ3) is 5.36. The molecule has 3 heterocycles. The number of ether oxygens (including phenoxy) is 1. The molecule has 0 aliphatic carbocycles. The number of aromatic amines is 1. The fourth-order valence-electron chi connectivity index (χ4n) is 4.27. The van der Waals surface area contributed by atoms with Gasteiger partial charge in [0.1, 0.15) is 16.5 Å². The highest BCUT2D eigenvalue weighted by Gasteiger charge is 2.65. The first kappa shape index (κ1) is 26.0. The fourth-order valence-corrected chi connectivity index (χ4v) is 4.92. The Morgan fingerprint density at radius 3 is 2.39 bits per heavy atom. The SMILES string of the molecule is C=C(CCOC)c1nc2ncc(F)c(C3CCN(C(=O)c4ccc(S(F)(F)(F)(F)F)cc4)CC3)c2[nH]1. The fraction of sp³-hybridized carbons (Fsp3) is 0.348. The number of rotatable bonds is 7. The van der Waals surface area contributed by atoms with Crippen molar-refractivity contribution < 1.29 is 33.4 Å². The van der Waals surface area contributed by atoms with E-state index < -0.39 is 26.8 Å². The van der Waals surface area contributed by atoms with Crippen LogP contribution in [0.2, 0.25) is 0 Å². The Hall–Kier alpha value is -3.06. The maximum Gasteiger partial charge on any atom is 0.310 e. The predicted octanol–water partition coefficient (Wildman–Crippen LogP) is 6.82. The number of hydrogen-bond donors (Lipinski definition) is 1. The van der Waals surface area contributed by atoms with Gasteiger partial charge in [0.05, 0.1) is 18.3 Å². The van der Waals surface area contributed by atoms with Crippen molar-refractivity contribution in [2.75, 3.05) is 26.8 Å². The van der Waals surface area contributed by atoms with E-state index in [0.29, 0.717) is 54.0 Å². The van der Waals surface area contributed by atoms with E-state index in [0.717, 1.165) is 18.3 Å². The molecule has 0 radical (unpaired) electrons. The highest BCUT2D eigenvalue weighted by molar-refractivity contribution is 8.45. The Bertz CT molecular complexity index is 1320. The van der Waals surface area contributed by atoms with Gasteiger partial charge in [0.25, 0.3) is 5.91 Å². The van der Waals surface area contributed by atoms with Gasteiger partial charge in [-0.2, -0.15) is 0 Å². The van der Waals surface area contributed by atoms with Crippen molar-refractivity contribution in [3.05, 3.63) is 59.8 Å². The van der Waals surface area contributed by atoms with Crippen LogP contribution in [0.1, 0.15) is 46.9 Å². The first-order chi connectivity index (χ1) is 16.7. The molecule has 3 aromatic rings. The minimum Gasteiger partial charge on any atom is -0.384 e. The molecule has 4 rings (SSSR count). The summed E-state index contributed by atoms with van der Waals surface area (Å²) in [7, 11) is -8.25. The molecular weight excluding hydrogens is 510 g/mol. The van der Waals surface area contributed by atoms with Gasteiger partial charge in [0, 0.05) is 31.3 Å². The lowest BCUT2D eigenvalue weighted by atomic mass is 9.88. The van der Waals surface area contributed by atoms with Gasteiger partial charge in [0.2, 0.25) is 0 Å². The second-order valence-electron chi connectivity index (χ2n) is 8.71. The maximum atomic E-state index is 14.9. The van der Waals surface area contributed by atoms with E-state index in [1.54, 1.807) is 7.11 Å². The Kier molecular flexibility index (Phi) is 6.15. The first-order valence-electron chi connectivity index (χ1n) is 11.0. The smallest absolute Gasteiger partial charge is 0.310 e. The lowest BCUT2D eigenvalue weighted by Gasteiger charge is -2.40. The quantitative estimate of drug-likeness (QED) is 0.338. The van der Waals surface area contributed by atoms with Crippen LogP contribution >= 0.6 is 10.2 Å². The van der Waals surface area contributed by atoms with Crippen molar-refractivity contribution in [3.63, 3.8) is 0 Å². The van der Waals surface area contributed by atoms with Gasteiger partial charge >= 0.3 is 10.2 Å². The van der Waals surface area contributed by atoms with Crippen molar-refractivity contribution in [2.24, 2.45) is 0 Å². The van der Waals surface area contributed by atoms with Crippen molar-refractivity contribution in [3.8, 4) is 0 Å². The van der Waals surface area contributed by atoms with Gasteiger partial charge in [-0.25, -0.2) is 14.4 Å². The van der Waals surface area contributed by atoms with Crippen molar-refractivity contribution in [1.29, 1.82) is 0 Å². The molecule has 6 nitrogen and oxygen atoms in total. The van der Waals surface area contributed by atoms with Crippen LogP contribution in [0, 0.1) is 5.82 Å². The number of nitrogens with zero attached hydrogens (tertiary/aromatic N) is 3. The number of nitrogens with one attached hydrogen (secondary N) is 1. The molecule has 196 valence electrons. The summed E-state index contributed by atoms with van der Waals surface area (Å²) in [4.78, 5) is 23.7. The van der Waals surface area contributed by atoms with Gasteiger partial charge in [-0.3, -0.25) is 4.79 Å². The minimum atomic E-state index is -9.81. The number of imidazole rings is 1. The van der Waals surface area contributed by atoms with Gasteiger partial charge in [0.15, 0.2) is 5.65 Å². The summed E-state index contributed by atoms with van der Waals surface area (Å²) in [5.74, 6) is -0.892. The van der Waals surface area contributed by atoms with Crippen LogP contribution in [-0.2, 0) is 4.74 Å². The number of H-pyrrole nitrogens is 1. The maximum absolute atomic E-state index is 14.9. The number of piperidine rings is 1. The summed E-state index contributed by atoms with van der Waals surface area (Å²) in [5.41, 5.74) is 1.72. The molecule has 1 fully saturated rings. The van der Waals surface area contributed by atoms with E-state index in [1.807, 2.05) is 0 Å². The van der Waals surface area contributed by atoms with Crippen LogP contribution in [0.15, 0.2) is 41.9 Å². The Balaban J connectivity index is 1.49. The standard InChI is InChI=1S/C23H24F6N4O2S/c1-14(9-12-35-2)21-31-20-19(18(24)13-30-22(20)32-21)15-7-10-33(11-8-15)23(34)16-3-5-17(6-4-16)36(25,26,27,28)29/h3-6,13,15H,1,7-12H2,2H3,(H,30,31,32). The van der Waals surface area contributed by atoms with E-state index >= 15 is 0 Å². The summed E-state index contributed by atoms with van der Waals surface area (Å²) < 4.78 is 84.6. The summed E-state index contributed by atoms with van der Waals surface area (Å²) in [6, 6.07) is 1.94. The van der Waals surface area contributed by atoms with Gasteiger partial charge in [-0.15, -0.1) is 0 Å². The normalized spacial score (nSPS) is 17.1. The lowest BCUT2D eigenvalue weighted by Crippen LogP contribution is -2.38. The lowest BCUT2D eigenvalue weighted by molar-refractivity contribution is 0.0712. The Labute approximate surface area is 203 Å². The monoisotopic (exact) mass is 534 g/mol. The molecule has 1 aliphatic heterocycles. The molecule has 0 unspecified atom stereocenters. The van der Waals surface area contributed by atoms with Gasteiger partial charge < -0.3 is 14.6 Å². The van der Waals surface area contributed by atoms with Crippen molar-refractivity contribution in [1.82, 2.24) is 19.9 Å². The molecule has 1 N–H and O–H groups in total. The zero-order valence-electron chi connectivity index (χ0n) is 19.2. The number of methoxy groups -OCH3 is 1. The summed E-state index contributed by atoms with van der Waals surface area (Å²) in [5, 5.41) is 0. The summed E-state index contributed by atoms with van der Waals surface area (Å²) in [6.07, 6.45) is 2.38. The van der Waals surface area contributed by atoms with Crippen LogP contribution in [0.25, 0.3) is 16.7 Å². The number of carbonyl (C=O) groups is 1. The number of halogens is 6. The third-order valence-corrected chi connectivity index (χ3v) is 7.35. The largest absolute Gasteiger partial charge is 0.384 e. The molecule has 1 aromatic carbocycles. The third-order valence-electron chi connectivity index (χ3n) is 6.19. The molecule has 36 heavy (non-hydrogen) atoms. The van der Waals surface area contributed by atoms with Crippen LogP contribution in [0.4, 0.5) is 23.8 Å². The first-order valence-corrected chi connectivity index (χ1v) is 13.0. The molecule has 0 spiro atoms. The molecule has 0 atom stereocenters. The van der Waals surface area contributed by atoms with Crippen LogP contribution < -0.4 is 0 Å². The zero-order valence-corrected chi connectivity index (χ0v) is 20.1. The number of benzene rings is 1. The number of likely N-dealkylation sites (tertiary alicyclic amines) is 1. The molecule has 1 aliphatic rings. The van der Waals surface area contributed by atoms with Gasteiger partial charge in [-0.1, -0.05) is 26.0 Å². The number of pyridine rings is 1. The molecule has 13 heteroatoms. The predicted molar refractivity (Wildman–Crippen MR) is 125 cm³/mol. The molecule has 2 aromatic heterocycles. The number of fused-ring (bicyclic) bond motifs is 1. The Morgan fingerprint density at radius 2 is 1.81 bits per heavy atom. The Morgan fingerprint density at radius 1 is 1.17 bits per heavy atom. The minimum absolute atomic E-state index is 0.135. The van der Waals surface area contributed by atoms with E-state index in [1.165, 1.54) is 4.90 Å². The second-order valence-corrected chi connectivity index (χ2v) is 11.1. The summed E-state index contributed by atoms with van der Waals surface area (Å²) >= 11 is 0. The highest BCUT2D eigenvalue weighted by atomic mass is 32.5. The molecule has 0 saturated carbocycles. The number of amides is 1. The van der Waals surface area contributed by atoms with Crippen molar-refractivity contribution >= 4 is 32.9 Å². The zero-order chi connectivity index (χ0) is 26.4. The van der Waals surface area contributed by atoms with E-state index in [9.17, 15) is 28.6 Å². The van der Waals surface area contributed by atoms with Crippen LogP contribution in [0.3, 0.4) is 0 Å². The van der Waals surface area contributed by atoms with Crippen LogP contribution in [0.5, 0.6) is 0 Å². The number of hydrogen-bond acceptors (Lipinski definition) is 4. The van der Waals surface area contributed by atoms with Gasteiger partial charge in [-0.05, 0) is 55.0 Å². The van der Waals surface area contributed by atoms with E-state index in [4.69, 9.17) is 4.74 Å². The topological polar surface area (TPSA) is 71.1 Å².